The molecule has 0 amide bonds. The van der Waals surface area contributed by atoms with E-state index in [4.69, 9.17) is 26.4 Å². The van der Waals surface area contributed by atoms with E-state index < -0.39 is 0 Å². The first-order valence-corrected chi connectivity index (χ1v) is 6.27. The van der Waals surface area contributed by atoms with Crippen LogP contribution in [0.4, 0.5) is 0 Å². The number of morpholine rings is 1. The van der Waals surface area contributed by atoms with Crippen molar-refractivity contribution in [3.05, 3.63) is 0 Å². The van der Waals surface area contributed by atoms with Crippen molar-refractivity contribution in [2.75, 3.05) is 47.0 Å². The highest BCUT2D eigenvalue weighted by Gasteiger charge is 2.16. The molecule has 0 aromatic carbocycles. The van der Waals surface area contributed by atoms with Crippen molar-refractivity contribution in [3.63, 3.8) is 0 Å². The van der Waals surface area contributed by atoms with Crippen LogP contribution >= 0.6 is 12.2 Å². The zero-order valence-electron chi connectivity index (χ0n) is 10.8. The molecule has 0 radical (unpaired) electrons. The summed E-state index contributed by atoms with van der Waals surface area (Å²) < 4.78 is 16.2. The first kappa shape index (κ1) is 14.6. The molecule has 1 fully saturated rings. The molecule has 1 aliphatic rings. The van der Waals surface area contributed by atoms with Gasteiger partial charge in [0.25, 0.3) is 5.17 Å². The quantitative estimate of drug-likeness (QED) is 0.716. The zero-order chi connectivity index (χ0) is 12.7. The van der Waals surface area contributed by atoms with Gasteiger partial charge in [-0.25, -0.2) is 0 Å². The zero-order valence-corrected chi connectivity index (χ0v) is 11.6. The number of methoxy groups -OCH3 is 1. The van der Waals surface area contributed by atoms with E-state index in [2.05, 4.69) is 5.32 Å². The van der Waals surface area contributed by atoms with Crippen LogP contribution in [0.3, 0.4) is 0 Å². The van der Waals surface area contributed by atoms with Crippen LogP contribution in [0.15, 0.2) is 0 Å². The number of nitrogens with zero attached hydrogens (tertiary/aromatic N) is 1. The van der Waals surface area contributed by atoms with E-state index in [9.17, 15) is 0 Å². The maximum Gasteiger partial charge on any atom is 0.259 e. The Balaban J connectivity index is 2.18. The second kappa shape index (κ2) is 7.81. The lowest BCUT2D eigenvalue weighted by Gasteiger charge is -2.26. The molecule has 0 spiro atoms. The second-order valence-electron chi connectivity index (χ2n) is 4.20. The monoisotopic (exact) mass is 262 g/mol. The average molecular weight is 262 g/mol. The number of nitrogens with one attached hydrogen (secondary N) is 1. The molecule has 0 aromatic rings. The maximum absolute atomic E-state index is 5.53. The van der Waals surface area contributed by atoms with Gasteiger partial charge in [0.1, 0.15) is 12.7 Å². The molecule has 100 valence electrons. The highest BCUT2D eigenvalue weighted by Crippen LogP contribution is 2.01. The minimum atomic E-state index is 0.0925. The summed E-state index contributed by atoms with van der Waals surface area (Å²) in [5, 5.41) is 3.74. The minimum Gasteiger partial charge on any atom is -0.468 e. The van der Waals surface area contributed by atoms with Crippen LogP contribution in [-0.4, -0.2) is 69.3 Å². The topological polar surface area (TPSA) is 43.0 Å². The highest BCUT2D eigenvalue weighted by molar-refractivity contribution is 7.80. The van der Waals surface area contributed by atoms with Crippen LogP contribution in [0.1, 0.15) is 6.92 Å². The Hall–Kier alpha value is -0.430. The van der Waals surface area contributed by atoms with Crippen LogP contribution in [-0.2, 0) is 14.2 Å². The summed E-state index contributed by atoms with van der Waals surface area (Å²) in [7, 11) is 3.59. The molecule has 0 saturated carbocycles. The summed E-state index contributed by atoms with van der Waals surface area (Å²) in [5.41, 5.74) is 0. The van der Waals surface area contributed by atoms with Crippen molar-refractivity contribution in [2.45, 2.75) is 19.1 Å². The van der Waals surface area contributed by atoms with E-state index in [0.29, 0.717) is 11.8 Å². The van der Waals surface area contributed by atoms with Crippen LogP contribution in [0.25, 0.3) is 0 Å². The summed E-state index contributed by atoms with van der Waals surface area (Å²) in [6.45, 7) is 5.67. The van der Waals surface area contributed by atoms with Crippen LogP contribution in [0.5, 0.6) is 0 Å². The molecule has 1 N–H and O–H groups in total. The van der Waals surface area contributed by atoms with Gasteiger partial charge >= 0.3 is 0 Å². The van der Waals surface area contributed by atoms with Gasteiger partial charge in [-0.1, -0.05) is 0 Å². The van der Waals surface area contributed by atoms with Gasteiger partial charge in [-0.3, -0.25) is 0 Å². The molecule has 17 heavy (non-hydrogen) atoms. The summed E-state index contributed by atoms with van der Waals surface area (Å²) in [4.78, 5) is 1.87. The molecule has 1 heterocycles. The molecule has 2 atom stereocenters. The van der Waals surface area contributed by atoms with Crippen LogP contribution in [0.2, 0.25) is 0 Å². The van der Waals surface area contributed by atoms with Gasteiger partial charge in [-0.05, 0) is 19.1 Å². The number of likely N-dealkylation sites (N-methyl/N-ethyl adjacent to an activating group) is 1. The van der Waals surface area contributed by atoms with Crippen LogP contribution < -0.4 is 5.32 Å². The van der Waals surface area contributed by atoms with E-state index in [0.717, 1.165) is 26.2 Å². The van der Waals surface area contributed by atoms with Gasteiger partial charge in [-0.15, -0.1) is 0 Å². The predicted octanol–water partition coefficient (Wildman–Crippen LogP) is 0.243. The molecule has 1 saturated heterocycles. The Labute approximate surface area is 108 Å². The molecule has 0 bridgehead atoms. The Bertz CT molecular complexity index is 235. The SMILES string of the molecule is COC(C)CN(C)C(=S)OCC1CNCCO1. The number of thiocarbonyl (C=S) groups is 1. The normalized spacial score (nSPS) is 21.9. The molecule has 6 heteroatoms. The molecule has 5 nitrogen and oxygen atoms in total. The standard InChI is InChI=1S/C11H22N2O3S/c1-9(14-3)7-13(2)11(17)16-8-10-6-12-4-5-15-10/h9-10,12H,4-8H2,1-3H3. The van der Waals surface area contributed by atoms with Gasteiger partial charge in [0.15, 0.2) is 0 Å². The van der Waals surface area contributed by atoms with Crippen molar-refractivity contribution in [2.24, 2.45) is 0 Å². The largest absolute Gasteiger partial charge is 0.468 e. The number of ether oxygens (including phenoxy) is 3. The number of rotatable bonds is 5. The Morgan fingerprint density at radius 2 is 2.41 bits per heavy atom. The van der Waals surface area contributed by atoms with Gasteiger partial charge in [0.05, 0.1) is 12.7 Å². The van der Waals surface area contributed by atoms with Crippen molar-refractivity contribution >= 4 is 17.4 Å². The third-order valence-electron chi connectivity index (χ3n) is 2.64. The minimum absolute atomic E-state index is 0.0925. The highest BCUT2D eigenvalue weighted by atomic mass is 32.1. The third-order valence-corrected chi connectivity index (χ3v) is 3.07. The molecule has 1 rings (SSSR count). The fraction of sp³-hybridized carbons (Fsp3) is 0.909. The molecule has 0 aliphatic carbocycles. The van der Waals surface area contributed by atoms with Crippen molar-refractivity contribution in [1.82, 2.24) is 10.2 Å². The second-order valence-corrected chi connectivity index (χ2v) is 4.55. The summed E-state index contributed by atoms with van der Waals surface area (Å²) in [5.74, 6) is 0. The summed E-state index contributed by atoms with van der Waals surface area (Å²) in [6.07, 6.45) is 0.226. The lowest BCUT2D eigenvalue weighted by Crippen LogP contribution is -2.42. The smallest absolute Gasteiger partial charge is 0.259 e. The van der Waals surface area contributed by atoms with Gasteiger partial charge < -0.3 is 24.4 Å². The number of hydrogen-bond donors (Lipinski definition) is 1. The van der Waals surface area contributed by atoms with Gasteiger partial charge in [0, 0.05) is 33.8 Å². The Kier molecular flexibility index (Phi) is 6.72. The van der Waals surface area contributed by atoms with Gasteiger partial charge in [-0.2, -0.15) is 0 Å². The first-order valence-electron chi connectivity index (χ1n) is 5.86. The maximum atomic E-state index is 5.53. The Morgan fingerprint density at radius 1 is 1.65 bits per heavy atom. The summed E-state index contributed by atoms with van der Waals surface area (Å²) in [6, 6.07) is 0. The third kappa shape index (κ3) is 5.63. The fourth-order valence-electron chi connectivity index (χ4n) is 1.54. The van der Waals surface area contributed by atoms with E-state index in [1.54, 1.807) is 7.11 Å². The van der Waals surface area contributed by atoms with Crippen molar-refractivity contribution in [1.29, 1.82) is 0 Å². The van der Waals surface area contributed by atoms with E-state index in [1.165, 1.54) is 0 Å². The van der Waals surface area contributed by atoms with Gasteiger partial charge in [0.2, 0.25) is 0 Å². The Morgan fingerprint density at radius 3 is 3.00 bits per heavy atom. The van der Waals surface area contributed by atoms with Crippen molar-refractivity contribution < 1.29 is 14.2 Å². The average Bonchev–Trinajstić information content (AvgIpc) is 2.36. The predicted molar refractivity (Wildman–Crippen MR) is 70.3 cm³/mol. The fourth-order valence-corrected chi connectivity index (χ4v) is 1.68. The van der Waals surface area contributed by atoms with Crippen molar-refractivity contribution in [3.8, 4) is 0 Å². The molecule has 2 unspecified atom stereocenters. The number of hydrogen-bond acceptors (Lipinski definition) is 5. The molecular formula is C11H22N2O3S. The van der Waals surface area contributed by atoms with E-state index in [-0.39, 0.29) is 12.2 Å². The molecular weight excluding hydrogens is 240 g/mol. The first-order chi connectivity index (χ1) is 8.13. The summed E-state index contributed by atoms with van der Waals surface area (Å²) >= 11 is 5.18. The van der Waals surface area contributed by atoms with Crippen LogP contribution in [0, 0.1) is 0 Å². The van der Waals surface area contributed by atoms with E-state index in [1.807, 2.05) is 18.9 Å². The lowest BCUT2D eigenvalue weighted by atomic mass is 10.3. The molecule has 0 aromatic heterocycles. The lowest BCUT2D eigenvalue weighted by molar-refractivity contribution is -0.00600. The molecule has 1 aliphatic heterocycles. The van der Waals surface area contributed by atoms with E-state index >= 15 is 0 Å².